The molecular weight excluding hydrogens is 379 g/mol. The number of aliphatic hydroxyl groups is 2. The SMILES string of the molecule is O=C(O)CON=C1CC2C1CC(O)C2CCC(O)c1cccc(C(F)(F)F)c1. The number of nitrogens with zero attached hydrogens (tertiary/aromatic N) is 1. The number of aliphatic carboxylic acids is 1. The lowest BCUT2D eigenvalue weighted by Gasteiger charge is -2.35. The normalized spacial score (nSPS) is 29.2. The highest BCUT2D eigenvalue weighted by Gasteiger charge is 2.51. The predicted molar refractivity (Wildman–Crippen MR) is 92.4 cm³/mol. The molecule has 0 aliphatic heterocycles. The van der Waals surface area contributed by atoms with E-state index in [-0.39, 0.29) is 29.7 Å². The maximum absolute atomic E-state index is 12.8. The third kappa shape index (κ3) is 4.47. The Morgan fingerprint density at radius 1 is 1.36 bits per heavy atom. The molecule has 9 heteroatoms. The Balaban J connectivity index is 1.55. The molecular formula is C19H22F3NO5. The van der Waals surface area contributed by atoms with Gasteiger partial charge in [0.2, 0.25) is 6.61 Å². The molecule has 1 aromatic carbocycles. The summed E-state index contributed by atoms with van der Waals surface area (Å²) in [5.41, 5.74) is 0.134. The van der Waals surface area contributed by atoms with E-state index < -0.39 is 36.5 Å². The van der Waals surface area contributed by atoms with Gasteiger partial charge in [0.05, 0.1) is 23.5 Å². The Labute approximate surface area is 159 Å². The minimum Gasteiger partial charge on any atom is -0.479 e. The van der Waals surface area contributed by atoms with Gasteiger partial charge in [-0.15, -0.1) is 0 Å². The third-order valence-electron chi connectivity index (χ3n) is 5.67. The fourth-order valence-corrected chi connectivity index (χ4v) is 4.22. The molecule has 3 rings (SSSR count). The lowest BCUT2D eigenvalue weighted by atomic mass is 9.70. The number of carbonyl (C=O) groups is 1. The van der Waals surface area contributed by atoms with Crippen LogP contribution in [0.2, 0.25) is 0 Å². The fourth-order valence-electron chi connectivity index (χ4n) is 4.22. The van der Waals surface area contributed by atoms with Gasteiger partial charge in [-0.1, -0.05) is 17.3 Å². The Kier molecular flexibility index (Phi) is 5.95. The van der Waals surface area contributed by atoms with Gasteiger partial charge in [0.15, 0.2) is 0 Å². The van der Waals surface area contributed by atoms with Crippen molar-refractivity contribution >= 4 is 11.7 Å². The maximum Gasteiger partial charge on any atom is 0.416 e. The Morgan fingerprint density at radius 2 is 2.11 bits per heavy atom. The average molecular weight is 401 g/mol. The molecule has 2 fully saturated rings. The zero-order chi connectivity index (χ0) is 20.5. The van der Waals surface area contributed by atoms with Crippen LogP contribution in [0, 0.1) is 17.8 Å². The number of rotatable bonds is 7. The smallest absolute Gasteiger partial charge is 0.416 e. The second kappa shape index (κ2) is 8.08. The molecule has 2 aliphatic carbocycles. The second-order valence-electron chi connectivity index (χ2n) is 7.41. The minimum absolute atomic E-state index is 0.0273. The highest BCUT2D eigenvalue weighted by molar-refractivity contribution is 5.93. The molecule has 2 saturated carbocycles. The lowest BCUT2D eigenvalue weighted by Crippen LogP contribution is -2.37. The molecule has 6 nitrogen and oxygen atoms in total. The van der Waals surface area contributed by atoms with E-state index >= 15 is 0 Å². The van der Waals surface area contributed by atoms with Crippen LogP contribution in [-0.2, 0) is 15.8 Å². The summed E-state index contributed by atoms with van der Waals surface area (Å²) in [5, 5.41) is 33.0. The lowest BCUT2D eigenvalue weighted by molar-refractivity contribution is -0.142. The van der Waals surface area contributed by atoms with Crippen LogP contribution in [0.3, 0.4) is 0 Å². The number of fused-ring (bicyclic) bond motifs is 1. The molecule has 2 aliphatic rings. The number of halogens is 3. The molecule has 3 N–H and O–H groups in total. The van der Waals surface area contributed by atoms with Gasteiger partial charge in [-0.05, 0) is 55.2 Å². The summed E-state index contributed by atoms with van der Waals surface area (Å²) < 4.78 is 38.4. The molecule has 0 radical (unpaired) electrons. The van der Waals surface area contributed by atoms with Gasteiger partial charge in [0, 0.05) is 5.92 Å². The first-order valence-electron chi connectivity index (χ1n) is 9.10. The standard InChI is InChI=1S/C19H22F3NO5/c20-19(21,22)11-3-1-2-10(6-11)16(24)5-4-12-13-7-15(14(13)8-17(12)25)23-28-9-18(26)27/h1-3,6,12-14,16-17,24-25H,4-5,7-9H2,(H,26,27). The van der Waals surface area contributed by atoms with E-state index in [4.69, 9.17) is 9.94 Å². The third-order valence-corrected chi connectivity index (χ3v) is 5.67. The van der Waals surface area contributed by atoms with Gasteiger partial charge in [0.25, 0.3) is 0 Å². The minimum atomic E-state index is -4.46. The number of alkyl halides is 3. The topological polar surface area (TPSA) is 99.4 Å². The van der Waals surface area contributed by atoms with E-state index in [0.717, 1.165) is 17.8 Å². The molecule has 0 bridgehead atoms. The molecule has 0 aromatic heterocycles. The molecule has 0 saturated heterocycles. The average Bonchev–Trinajstić information content (AvgIpc) is 2.86. The van der Waals surface area contributed by atoms with Crippen LogP contribution < -0.4 is 0 Å². The first-order chi connectivity index (χ1) is 13.2. The summed E-state index contributed by atoms with van der Waals surface area (Å²) >= 11 is 0. The monoisotopic (exact) mass is 401 g/mol. The maximum atomic E-state index is 12.8. The molecule has 0 heterocycles. The zero-order valence-electron chi connectivity index (χ0n) is 15.0. The van der Waals surface area contributed by atoms with E-state index in [1.807, 2.05) is 0 Å². The van der Waals surface area contributed by atoms with E-state index in [1.54, 1.807) is 0 Å². The van der Waals surface area contributed by atoms with Crippen molar-refractivity contribution in [1.29, 1.82) is 0 Å². The molecule has 0 amide bonds. The summed E-state index contributed by atoms with van der Waals surface area (Å²) in [6.07, 6.45) is -4.29. The van der Waals surface area contributed by atoms with Crippen molar-refractivity contribution < 1.29 is 38.1 Å². The number of carboxylic acids is 1. The van der Waals surface area contributed by atoms with Crippen LogP contribution in [0.1, 0.15) is 42.9 Å². The van der Waals surface area contributed by atoms with Crippen LogP contribution in [0.25, 0.3) is 0 Å². The van der Waals surface area contributed by atoms with Crippen LogP contribution in [0.15, 0.2) is 29.4 Å². The fraction of sp³-hybridized carbons (Fsp3) is 0.579. The van der Waals surface area contributed by atoms with Gasteiger partial charge < -0.3 is 20.2 Å². The van der Waals surface area contributed by atoms with Gasteiger partial charge in [-0.25, -0.2) is 4.79 Å². The molecule has 5 atom stereocenters. The largest absolute Gasteiger partial charge is 0.479 e. The summed E-state index contributed by atoms with van der Waals surface area (Å²) in [4.78, 5) is 15.2. The van der Waals surface area contributed by atoms with Crippen LogP contribution >= 0.6 is 0 Å². The molecule has 0 spiro atoms. The van der Waals surface area contributed by atoms with Crippen molar-refractivity contribution in [1.82, 2.24) is 0 Å². The highest BCUT2D eigenvalue weighted by atomic mass is 19.4. The molecule has 154 valence electrons. The Hall–Kier alpha value is -2.13. The summed E-state index contributed by atoms with van der Waals surface area (Å²) in [6.45, 7) is -0.518. The number of benzene rings is 1. The Bertz CT molecular complexity index is 751. The van der Waals surface area contributed by atoms with Crippen LogP contribution in [-0.4, -0.2) is 39.7 Å². The van der Waals surface area contributed by atoms with E-state index in [1.165, 1.54) is 12.1 Å². The quantitative estimate of drug-likeness (QED) is 0.610. The number of hydrogen-bond donors (Lipinski definition) is 3. The first-order valence-corrected chi connectivity index (χ1v) is 9.10. The van der Waals surface area contributed by atoms with Crippen LogP contribution in [0.4, 0.5) is 13.2 Å². The highest BCUT2D eigenvalue weighted by Crippen LogP contribution is 2.51. The van der Waals surface area contributed by atoms with Crippen molar-refractivity contribution in [2.75, 3.05) is 6.61 Å². The first kappa shape index (κ1) is 20.6. The molecule has 28 heavy (non-hydrogen) atoms. The summed E-state index contributed by atoms with van der Waals surface area (Å²) in [6, 6.07) is 4.64. The van der Waals surface area contributed by atoms with Crippen molar-refractivity contribution in [2.45, 2.75) is 44.1 Å². The summed E-state index contributed by atoms with van der Waals surface area (Å²) in [5.74, 6) is -1.01. The molecule has 1 aromatic rings. The predicted octanol–water partition coefficient (Wildman–Crippen LogP) is 2.99. The van der Waals surface area contributed by atoms with Crippen molar-refractivity contribution in [3.8, 4) is 0 Å². The van der Waals surface area contributed by atoms with Gasteiger partial charge in [-0.2, -0.15) is 13.2 Å². The molecule has 5 unspecified atom stereocenters. The number of hydrogen-bond acceptors (Lipinski definition) is 5. The van der Waals surface area contributed by atoms with Gasteiger partial charge in [-0.3, -0.25) is 0 Å². The van der Waals surface area contributed by atoms with E-state index in [2.05, 4.69) is 5.16 Å². The Morgan fingerprint density at radius 3 is 2.79 bits per heavy atom. The summed E-state index contributed by atoms with van der Waals surface area (Å²) in [7, 11) is 0. The number of carboxylic acid groups (broad SMARTS) is 1. The van der Waals surface area contributed by atoms with E-state index in [0.29, 0.717) is 19.3 Å². The number of oxime groups is 1. The van der Waals surface area contributed by atoms with Crippen molar-refractivity contribution in [2.24, 2.45) is 22.9 Å². The van der Waals surface area contributed by atoms with E-state index in [9.17, 15) is 28.2 Å². The van der Waals surface area contributed by atoms with Gasteiger partial charge >= 0.3 is 12.1 Å². The van der Waals surface area contributed by atoms with Crippen molar-refractivity contribution in [3.63, 3.8) is 0 Å². The van der Waals surface area contributed by atoms with Crippen molar-refractivity contribution in [3.05, 3.63) is 35.4 Å². The zero-order valence-corrected chi connectivity index (χ0v) is 15.0. The number of aliphatic hydroxyl groups excluding tert-OH is 2. The van der Waals surface area contributed by atoms with Gasteiger partial charge in [0.1, 0.15) is 0 Å². The second-order valence-corrected chi connectivity index (χ2v) is 7.41. The van der Waals surface area contributed by atoms with Crippen LogP contribution in [0.5, 0.6) is 0 Å².